The average molecular weight is 228 g/mol. The van der Waals surface area contributed by atoms with Gasteiger partial charge in [-0.25, -0.2) is 9.97 Å². The van der Waals surface area contributed by atoms with E-state index < -0.39 is 11.9 Å². The number of aliphatic hydroxyl groups excluding tert-OH is 1. The molecule has 7 nitrogen and oxygen atoms in total. The molecule has 0 saturated heterocycles. The van der Waals surface area contributed by atoms with Gasteiger partial charge in [-0.1, -0.05) is 0 Å². The predicted octanol–water partition coefficient (Wildman–Crippen LogP) is -0.0953. The maximum atomic E-state index is 9.64. The molecule has 0 fully saturated rings. The fourth-order valence-electron chi connectivity index (χ4n) is 0.625. The first-order valence-corrected chi connectivity index (χ1v) is 4.36. The summed E-state index contributed by atoms with van der Waals surface area (Å²) in [6, 6.07) is 1.71. The molecule has 0 aliphatic carbocycles. The number of carboxylic acids is 2. The number of nitrogens with zero attached hydrogens (tertiary/aromatic N) is 2. The smallest absolute Gasteiger partial charge is 0.303 e. The van der Waals surface area contributed by atoms with Gasteiger partial charge in [0.1, 0.15) is 6.61 Å². The second-order valence-electron chi connectivity index (χ2n) is 2.61. The number of aromatic nitrogens is 2. The zero-order valence-electron chi connectivity index (χ0n) is 8.41. The molecule has 88 valence electrons. The SMILES string of the molecule is O=C(O)CCC(=O)O.OCc1ncccn1. The van der Waals surface area contributed by atoms with Crippen molar-refractivity contribution < 1.29 is 24.9 Å². The van der Waals surface area contributed by atoms with Crippen LogP contribution >= 0.6 is 0 Å². The van der Waals surface area contributed by atoms with Crippen molar-refractivity contribution >= 4 is 11.9 Å². The first-order valence-electron chi connectivity index (χ1n) is 4.36. The van der Waals surface area contributed by atoms with Crippen molar-refractivity contribution in [2.45, 2.75) is 19.4 Å². The fraction of sp³-hybridized carbons (Fsp3) is 0.333. The van der Waals surface area contributed by atoms with E-state index in [4.69, 9.17) is 15.3 Å². The summed E-state index contributed by atoms with van der Waals surface area (Å²) in [5.41, 5.74) is 0. The van der Waals surface area contributed by atoms with Gasteiger partial charge in [0, 0.05) is 12.4 Å². The van der Waals surface area contributed by atoms with Crippen molar-refractivity contribution in [2.75, 3.05) is 0 Å². The molecule has 1 aromatic heterocycles. The van der Waals surface area contributed by atoms with Crippen LogP contribution in [0.5, 0.6) is 0 Å². The first kappa shape index (κ1) is 14.0. The standard InChI is InChI=1S/C5H6N2O.C4H6O4/c8-4-5-6-2-1-3-7-5;5-3(6)1-2-4(7)8/h1-3,8H,4H2;1-2H2,(H,5,6)(H,7,8). The highest BCUT2D eigenvalue weighted by molar-refractivity contribution is 5.75. The van der Waals surface area contributed by atoms with Crippen LogP contribution in [-0.4, -0.2) is 37.2 Å². The Kier molecular flexibility index (Phi) is 7.25. The van der Waals surface area contributed by atoms with Gasteiger partial charge in [-0.15, -0.1) is 0 Å². The highest BCUT2D eigenvalue weighted by atomic mass is 16.4. The summed E-state index contributed by atoms with van der Waals surface area (Å²) in [4.78, 5) is 26.8. The number of hydrogen-bond acceptors (Lipinski definition) is 5. The molecule has 1 rings (SSSR count). The minimum atomic E-state index is -1.08. The Bertz CT molecular complexity index is 314. The quantitative estimate of drug-likeness (QED) is 0.658. The minimum Gasteiger partial charge on any atom is -0.481 e. The number of aliphatic carboxylic acids is 2. The molecule has 0 atom stereocenters. The lowest BCUT2D eigenvalue weighted by atomic mass is 10.3. The van der Waals surface area contributed by atoms with Crippen LogP contribution in [-0.2, 0) is 16.2 Å². The summed E-state index contributed by atoms with van der Waals surface area (Å²) >= 11 is 0. The molecule has 0 radical (unpaired) electrons. The van der Waals surface area contributed by atoms with Crippen molar-refractivity contribution in [1.82, 2.24) is 9.97 Å². The molecule has 0 bridgehead atoms. The molecule has 0 saturated carbocycles. The van der Waals surface area contributed by atoms with Crippen molar-refractivity contribution in [3.8, 4) is 0 Å². The predicted molar refractivity (Wildman–Crippen MR) is 52.5 cm³/mol. The summed E-state index contributed by atoms with van der Waals surface area (Å²) in [6.07, 6.45) is 2.60. The van der Waals surface area contributed by atoms with Crippen LogP contribution in [0.25, 0.3) is 0 Å². The van der Waals surface area contributed by atoms with E-state index in [2.05, 4.69) is 9.97 Å². The van der Waals surface area contributed by atoms with Gasteiger partial charge in [0.15, 0.2) is 5.82 Å². The monoisotopic (exact) mass is 228 g/mol. The molecule has 16 heavy (non-hydrogen) atoms. The Labute approximate surface area is 91.4 Å². The van der Waals surface area contributed by atoms with E-state index in [1.54, 1.807) is 18.5 Å². The molecule has 1 heterocycles. The van der Waals surface area contributed by atoms with E-state index in [0.717, 1.165) is 0 Å². The van der Waals surface area contributed by atoms with Gasteiger partial charge >= 0.3 is 11.9 Å². The first-order chi connectivity index (χ1) is 7.56. The molecule has 0 aliphatic heterocycles. The van der Waals surface area contributed by atoms with Gasteiger partial charge in [0.25, 0.3) is 0 Å². The Balaban J connectivity index is 0.000000281. The lowest BCUT2D eigenvalue weighted by molar-refractivity contribution is -0.143. The molecular formula is C9H12N2O5. The largest absolute Gasteiger partial charge is 0.481 e. The van der Waals surface area contributed by atoms with E-state index in [0.29, 0.717) is 5.82 Å². The van der Waals surface area contributed by atoms with Gasteiger partial charge < -0.3 is 15.3 Å². The van der Waals surface area contributed by atoms with E-state index in [9.17, 15) is 9.59 Å². The topological polar surface area (TPSA) is 121 Å². The molecule has 0 spiro atoms. The zero-order chi connectivity index (χ0) is 12.4. The second kappa shape index (κ2) is 8.30. The molecule has 0 amide bonds. The van der Waals surface area contributed by atoms with E-state index in [1.165, 1.54) is 0 Å². The van der Waals surface area contributed by atoms with Gasteiger partial charge in [-0.2, -0.15) is 0 Å². The van der Waals surface area contributed by atoms with Gasteiger partial charge in [0.05, 0.1) is 12.8 Å². The third-order valence-electron chi connectivity index (χ3n) is 1.31. The van der Waals surface area contributed by atoms with E-state index in [-0.39, 0.29) is 19.4 Å². The summed E-state index contributed by atoms with van der Waals surface area (Å²) in [6.45, 7) is -0.0825. The van der Waals surface area contributed by atoms with Crippen LogP contribution in [0.3, 0.4) is 0 Å². The number of aliphatic hydroxyl groups is 1. The van der Waals surface area contributed by atoms with Crippen LogP contribution in [0, 0.1) is 0 Å². The summed E-state index contributed by atoms with van der Waals surface area (Å²) in [7, 11) is 0. The Morgan fingerprint density at radius 3 is 1.75 bits per heavy atom. The van der Waals surface area contributed by atoms with Crippen LogP contribution in [0.15, 0.2) is 18.5 Å². The summed E-state index contributed by atoms with van der Waals surface area (Å²) < 4.78 is 0. The minimum absolute atomic E-state index is 0.0825. The Morgan fingerprint density at radius 2 is 1.50 bits per heavy atom. The summed E-state index contributed by atoms with van der Waals surface area (Å²) in [5.74, 6) is -1.69. The number of rotatable bonds is 4. The zero-order valence-corrected chi connectivity index (χ0v) is 8.41. The molecule has 1 aromatic rings. The van der Waals surface area contributed by atoms with Crippen LogP contribution in [0.2, 0.25) is 0 Å². The van der Waals surface area contributed by atoms with Gasteiger partial charge in [-0.3, -0.25) is 9.59 Å². The van der Waals surface area contributed by atoms with Crippen molar-refractivity contribution in [3.05, 3.63) is 24.3 Å². The van der Waals surface area contributed by atoms with E-state index in [1.807, 2.05) is 0 Å². The van der Waals surface area contributed by atoms with Gasteiger partial charge in [-0.05, 0) is 6.07 Å². The molecule has 0 aromatic carbocycles. The van der Waals surface area contributed by atoms with Crippen LogP contribution < -0.4 is 0 Å². The summed E-state index contributed by atoms with van der Waals surface area (Å²) in [5, 5.41) is 24.2. The number of hydrogen-bond donors (Lipinski definition) is 3. The van der Waals surface area contributed by atoms with Gasteiger partial charge in [0.2, 0.25) is 0 Å². The molecular weight excluding hydrogens is 216 g/mol. The number of carboxylic acid groups (broad SMARTS) is 2. The third kappa shape index (κ3) is 8.57. The van der Waals surface area contributed by atoms with Crippen LogP contribution in [0.1, 0.15) is 18.7 Å². The third-order valence-corrected chi connectivity index (χ3v) is 1.31. The highest BCUT2D eigenvalue weighted by Gasteiger charge is 2.00. The molecule has 3 N–H and O–H groups in total. The lowest BCUT2D eigenvalue weighted by Gasteiger charge is -1.87. The molecule has 0 unspecified atom stereocenters. The molecule has 0 aliphatic rings. The fourth-order valence-corrected chi connectivity index (χ4v) is 0.625. The number of carbonyl (C=O) groups is 2. The van der Waals surface area contributed by atoms with Crippen molar-refractivity contribution in [3.63, 3.8) is 0 Å². The lowest BCUT2D eigenvalue weighted by Crippen LogP contribution is -2.00. The van der Waals surface area contributed by atoms with Crippen molar-refractivity contribution in [2.24, 2.45) is 0 Å². The van der Waals surface area contributed by atoms with Crippen molar-refractivity contribution in [1.29, 1.82) is 0 Å². The Morgan fingerprint density at radius 1 is 1.06 bits per heavy atom. The van der Waals surface area contributed by atoms with E-state index >= 15 is 0 Å². The highest BCUT2D eigenvalue weighted by Crippen LogP contribution is 1.86. The van der Waals surface area contributed by atoms with Crippen LogP contribution in [0.4, 0.5) is 0 Å². The average Bonchev–Trinajstić information content (AvgIpc) is 2.28. The molecule has 7 heteroatoms. The maximum absolute atomic E-state index is 9.64. The normalized spacial score (nSPS) is 8.81. The Hall–Kier alpha value is -2.02. The second-order valence-corrected chi connectivity index (χ2v) is 2.61. The maximum Gasteiger partial charge on any atom is 0.303 e.